The van der Waals surface area contributed by atoms with Crippen LogP contribution in [0.2, 0.25) is 0 Å². The van der Waals surface area contributed by atoms with Gasteiger partial charge in [0.15, 0.2) is 0 Å². The van der Waals surface area contributed by atoms with Crippen molar-refractivity contribution in [3.05, 3.63) is 57.7 Å². The van der Waals surface area contributed by atoms with Gasteiger partial charge in [0.2, 0.25) is 5.88 Å². The molecule has 1 atom stereocenters. The fraction of sp³-hybridized carbons (Fsp3) is 0.333. The van der Waals surface area contributed by atoms with Gasteiger partial charge in [0.25, 0.3) is 0 Å². The molecular weight excluding hydrogens is 292 g/mol. The molecule has 23 heavy (non-hydrogen) atoms. The summed E-state index contributed by atoms with van der Waals surface area (Å²) in [7, 11) is 0. The van der Waals surface area contributed by atoms with Gasteiger partial charge in [0, 0.05) is 0 Å². The first-order valence-electron chi connectivity index (χ1n) is 7.42. The van der Waals surface area contributed by atoms with Crippen molar-refractivity contribution in [3.63, 3.8) is 0 Å². The molecule has 2 rings (SSSR count). The molecule has 5 heteroatoms. The summed E-state index contributed by atoms with van der Waals surface area (Å²) in [5, 5.41) is 9.50. The van der Waals surface area contributed by atoms with E-state index in [1.165, 1.54) is 0 Å². The largest absolute Gasteiger partial charge is 0.463 e. The molecule has 1 aliphatic rings. The molecular formula is C18H20N2O3. The number of esters is 1. The minimum atomic E-state index is -0.577. The van der Waals surface area contributed by atoms with Crippen molar-refractivity contribution in [1.29, 1.82) is 5.26 Å². The van der Waals surface area contributed by atoms with Crippen LogP contribution in [0.15, 0.2) is 41.0 Å². The van der Waals surface area contributed by atoms with Crippen molar-refractivity contribution in [2.45, 2.75) is 33.6 Å². The van der Waals surface area contributed by atoms with Crippen molar-refractivity contribution in [2.75, 3.05) is 6.61 Å². The fourth-order valence-corrected chi connectivity index (χ4v) is 2.86. The molecule has 0 spiro atoms. The lowest BCUT2D eigenvalue weighted by molar-refractivity contribution is -0.139. The number of hydrogen-bond acceptors (Lipinski definition) is 5. The third-order valence-electron chi connectivity index (χ3n) is 3.68. The summed E-state index contributed by atoms with van der Waals surface area (Å²) in [4.78, 5) is 12.4. The number of allylic oxidation sites excluding steroid dienone is 2. The third kappa shape index (κ3) is 3.21. The van der Waals surface area contributed by atoms with Crippen LogP contribution in [0.25, 0.3) is 0 Å². The van der Waals surface area contributed by atoms with Crippen molar-refractivity contribution < 1.29 is 14.3 Å². The monoisotopic (exact) mass is 312 g/mol. The molecule has 0 fully saturated rings. The lowest BCUT2D eigenvalue weighted by Crippen LogP contribution is -2.25. The van der Waals surface area contributed by atoms with E-state index in [2.05, 4.69) is 6.07 Å². The lowest BCUT2D eigenvalue weighted by atomic mass is 9.82. The van der Waals surface area contributed by atoms with Crippen LogP contribution in [0.4, 0.5) is 0 Å². The van der Waals surface area contributed by atoms with E-state index in [1.54, 1.807) is 13.8 Å². The molecule has 0 aromatic heterocycles. The Hall–Kier alpha value is -2.74. The van der Waals surface area contributed by atoms with Gasteiger partial charge in [0.05, 0.1) is 18.1 Å². The van der Waals surface area contributed by atoms with E-state index < -0.39 is 11.9 Å². The Morgan fingerprint density at radius 2 is 1.91 bits per heavy atom. The lowest BCUT2D eigenvalue weighted by Gasteiger charge is -2.27. The number of nitriles is 1. The number of hydrogen-bond donors (Lipinski definition) is 1. The second kappa shape index (κ2) is 6.57. The summed E-state index contributed by atoms with van der Waals surface area (Å²) in [6.45, 7) is 7.57. The van der Waals surface area contributed by atoms with Crippen molar-refractivity contribution in [2.24, 2.45) is 5.73 Å². The average Bonchev–Trinajstić information content (AvgIpc) is 2.45. The summed E-state index contributed by atoms with van der Waals surface area (Å²) in [6.07, 6.45) is 0. The van der Waals surface area contributed by atoms with E-state index in [0.717, 1.165) is 16.7 Å². The molecule has 2 N–H and O–H groups in total. The van der Waals surface area contributed by atoms with Crippen LogP contribution < -0.4 is 5.73 Å². The van der Waals surface area contributed by atoms with Gasteiger partial charge in [-0.1, -0.05) is 29.3 Å². The van der Waals surface area contributed by atoms with Crippen LogP contribution in [0.1, 0.15) is 36.5 Å². The zero-order valence-corrected chi connectivity index (χ0v) is 13.8. The van der Waals surface area contributed by atoms with Crippen LogP contribution in [0.5, 0.6) is 0 Å². The van der Waals surface area contributed by atoms with Gasteiger partial charge in [-0.15, -0.1) is 0 Å². The van der Waals surface area contributed by atoms with Gasteiger partial charge < -0.3 is 15.2 Å². The highest BCUT2D eigenvalue weighted by Gasteiger charge is 2.36. The quantitative estimate of drug-likeness (QED) is 0.867. The number of rotatable bonds is 3. The number of carbonyl (C=O) groups excluding carboxylic acids is 1. The SMILES string of the molecule is CCOC(=O)C1=C(C)OC(N)=C(C#N)C1c1cc(C)cc(C)c1. The Morgan fingerprint density at radius 3 is 2.43 bits per heavy atom. The zero-order valence-electron chi connectivity index (χ0n) is 13.8. The molecule has 0 saturated carbocycles. The Kier molecular flexibility index (Phi) is 4.75. The second-order valence-electron chi connectivity index (χ2n) is 5.54. The van der Waals surface area contributed by atoms with E-state index in [1.807, 2.05) is 32.0 Å². The minimum Gasteiger partial charge on any atom is -0.463 e. The Labute approximate surface area is 136 Å². The van der Waals surface area contributed by atoms with Crippen molar-refractivity contribution in [3.8, 4) is 6.07 Å². The van der Waals surface area contributed by atoms with Gasteiger partial charge in [0.1, 0.15) is 17.4 Å². The maximum atomic E-state index is 12.4. The summed E-state index contributed by atoms with van der Waals surface area (Å²) in [5.41, 5.74) is 9.33. The molecule has 1 unspecified atom stereocenters. The van der Waals surface area contributed by atoms with E-state index in [-0.39, 0.29) is 18.1 Å². The predicted molar refractivity (Wildman–Crippen MR) is 85.9 cm³/mol. The van der Waals surface area contributed by atoms with Crippen LogP contribution in [0, 0.1) is 25.2 Å². The molecule has 5 nitrogen and oxygen atoms in total. The number of nitrogens with two attached hydrogens (primary N) is 1. The third-order valence-corrected chi connectivity index (χ3v) is 3.68. The topological polar surface area (TPSA) is 85.3 Å². The maximum Gasteiger partial charge on any atom is 0.338 e. The fourth-order valence-electron chi connectivity index (χ4n) is 2.86. The Morgan fingerprint density at radius 1 is 1.30 bits per heavy atom. The first-order valence-corrected chi connectivity index (χ1v) is 7.42. The summed E-state index contributed by atoms with van der Waals surface area (Å²) < 4.78 is 10.5. The van der Waals surface area contributed by atoms with Crippen LogP contribution in [0.3, 0.4) is 0 Å². The summed E-state index contributed by atoms with van der Waals surface area (Å²) in [6, 6.07) is 8.00. The molecule has 1 aromatic carbocycles. The van der Waals surface area contributed by atoms with Crippen LogP contribution in [-0.2, 0) is 14.3 Å². The van der Waals surface area contributed by atoms with E-state index in [0.29, 0.717) is 11.3 Å². The molecule has 1 aliphatic heterocycles. The first kappa shape index (κ1) is 16.6. The summed E-state index contributed by atoms with van der Waals surface area (Å²) in [5.74, 6) is -0.674. The first-order chi connectivity index (χ1) is 10.9. The molecule has 1 heterocycles. The van der Waals surface area contributed by atoms with Gasteiger partial charge >= 0.3 is 5.97 Å². The highest BCUT2D eigenvalue weighted by atomic mass is 16.5. The molecule has 0 saturated heterocycles. The maximum absolute atomic E-state index is 12.4. The van der Waals surface area contributed by atoms with E-state index in [4.69, 9.17) is 15.2 Å². The second-order valence-corrected chi connectivity index (χ2v) is 5.54. The Balaban J connectivity index is 2.66. The van der Waals surface area contributed by atoms with E-state index in [9.17, 15) is 10.1 Å². The molecule has 1 aromatic rings. The van der Waals surface area contributed by atoms with Crippen molar-refractivity contribution in [1.82, 2.24) is 0 Å². The molecule has 0 radical (unpaired) electrons. The molecule has 0 amide bonds. The molecule has 0 aliphatic carbocycles. The van der Waals surface area contributed by atoms with E-state index >= 15 is 0 Å². The molecule has 120 valence electrons. The highest BCUT2D eigenvalue weighted by molar-refractivity contribution is 5.92. The smallest absolute Gasteiger partial charge is 0.338 e. The normalized spacial score (nSPS) is 17.6. The van der Waals surface area contributed by atoms with Gasteiger partial charge in [-0.25, -0.2) is 4.79 Å². The van der Waals surface area contributed by atoms with Crippen molar-refractivity contribution >= 4 is 5.97 Å². The van der Waals surface area contributed by atoms with Gasteiger partial charge in [-0.05, 0) is 33.3 Å². The summed E-state index contributed by atoms with van der Waals surface area (Å²) >= 11 is 0. The zero-order chi connectivity index (χ0) is 17.1. The van der Waals surface area contributed by atoms with Crippen LogP contribution in [-0.4, -0.2) is 12.6 Å². The predicted octanol–water partition coefficient (Wildman–Crippen LogP) is 2.95. The standard InChI is InChI=1S/C18H20N2O3/c1-5-22-18(21)15-12(4)23-17(20)14(9-19)16(15)13-7-10(2)6-11(3)8-13/h6-8,16H,5,20H2,1-4H3. The number of aryl methyl sites for hydroxylation is 2. The minimum absolute atomic E-state index is 0.0298. The highest BCUT2D eigenvalue weighted by Crippen LogP contribution is 2.40. The number of carbonyl (C=O) groups is 1. The van der Waals surface area contributed by atoms with Gasteiger partial charge in [-0.3, -0.25) is 0 Å². The number of nitrogens with zero attached hydrogens (tertiary/aromatic N) is 1. The van der Waals surface area contributed by atoms with Crippen LogP contribution >= 0.6 is 0 Å². The van der Waals surface area contributed by atoms with Gasteiger partial charge in [-0.2, -0.15) is 5.26 Å². The number of benzene rings is 1. The number of ether oxygens (including phenoxy) is 2. The Bertz CT molecular complexity index is 734. The molecule has 0 bridgehead atoms. The average molecular weight is 312 g/mol.